The first-order chi connectivity index (χ1) is 16.6. The third-order valence-electron chi connectivity index (χ3n) is 5.67. The second-order valence-corrected chi connectivity index (χ2v) is 8.02. The molecule has 7 heteroatoms. The van der Waals surface area contributed by atoms with Crippen LogP contribution in [0.5, 0.6) is 5.75 Å². The molecule has 0 aliphatic heterocycles. The standard InChI is InChI=1S/C27H34N4O3/c1-4-7-8-12-19-34-23-17-15-21(16-18-23)26(32)29-25-24(27(33)30(5-2)6-3)20-28-31(25)22-13-10-9-11-14-22/h9-11,13-18,20H,4-8,12,19H2,1-3H3,(H,29,32). The average molecular weight is 463 g/mol. The highest BCUT2D eigenvalue weighted by Crippen LogP contribution is 2.23. The van der Waals surface area contributed by atoms with E-state index in [1.165, 1.54) is 19.0 Å². The van der Waals surface area contributed by atoms with E-state index in [4.69, 9.17) is 4.74 Å². The van der Waals surface area contributed by atoms with Crippen LogP contribution in [0.25, 0.3) is 5.69 Å². The summed E-state index contributed by atoms with van der Waals surface area (Å²) >= 11 is 0. The molecule has 0 spiro atoms. The summed E-state index contributed by atoms with van der Waals surface area (Å²) in [5, 5.41) is 7.33. The molecule has 0 unspecified atom stereocenters. The summed E-state index contributed by atoms with van der Waals surface area (Å²) < 4.78 is 7.36. The van der Waals surface area contributed by atoms with Crippen LogP contribution < -0.4 is 10.1 Å². The van der Waals surface area contributed by atoms with Crippen LogP contribution in [-0.4, -0.2) is 46.2 Å². The molecule has 3 rings (SSSR count). The lowest BCUT2D eigenvalue weighted by molar-refractivity contribution is 0.0774. The Morgan fingerprint density at radius 3 is 2.29 bits per heavy atom. The number of carbonyl (C=O) groups excluding carboxylic acids is 2. The Kier molecular flexibility index (Phi) is 9.26. The molecule has 2 aromatic carbocycles. The number of ether oxygens (including phenoxy) is 1. The number of benzene rings is 2. The maximum Gasteiger partial charge on any atom is 0.259 e. The predicted molar refractivity (Wildman–Crippen MR) is 135 cm³/mol. The van der Waals surface area contributed by atoms with Gasteiger partial charge >= 0.3 is 0 Å². The van der Waals surface area contributed by atoms with E-state index in [0.717, 1.165) is 24.3 Å². The molecular formula is C27H34N4O3. The van der Waals surface area contributed by atoms with Crippen LogP contribution in [0.15, 0.2) is 60.8 Å². The zero-order valence-electron chi connectivity index (χ0n) is 20.3. The molecule has 1 aromatic heterocycles. The molecule has 1 N–H and O–H groups in total. The van der Waals surface area contributed by atoms with Gasteiger partial charge in [-0.05, 0) is 56.7 Å². The van der Waals surface area contributed by atoms with E-state index in [1.54, 1.807) is 33.8 Å². The molecular weight excluding hydrogens is 428 g/mol. The number of para-hydroxylation sites is 1. The van der Waals surface area contributed by atoms with E-state index in [-0.39, 0.29) is 11.8 Å². The van der Waals surface area contributed by atoms with Gasteiger partial charge in [0.2, 0.25) is 0 Å². The Balaban J connectivity index is 1.79. The van der Waals surface area contributed by atoms with Crippen LogP contribution in [0.3, 0.4) is 0 Å². The first-order valence-electron chi connectivity index (χ1n) is 12.1. The van der Waals surface area contributed by atoms with Gasteiger partial charge in [0.15, 0.2) is 0 Å². The second-order valence-electron chi connectivity index (χ2n) is 8.02. The topological polar surface area (TPSA) is 76.5 Å². The summed E-state index contributed by atoms with van der Waals surface area (Å²) in [4.78, 5) is 27.9. The molecule has 1 heterocycles. The van der Waals surface area contributed by atoms with Crippen molar-refractivity contribution in [2.75, 3.05) is 25.0 Å². The number of anilines is 1. The fourth-order valence-electron chi connectivity index (χ4n) is 3.67. The minimum absolute atomic E-state index is 0.172. The van der Waals surface area contributed by atoms with Crippen molar-refractivity contribution in [2.45, 2.75) is 46.5 Å². The quantitative estimate of drug-likeness (QED) is 0.357. The lowest BCUT2D eigenvalue weighted by atomic mass is 10.2. The van der Waals surface area contributed by atoms with Gasteiger partial charge in [0, 0.05) is 18.7 Å². The number of nitrogens with one attached hydrogen (secondary N) is 1. The molecule has 0 atom stereocenters. The SMILES string of the molecule is CCCCCCOc1ccc(C(=O)Nc2c(C(=O)N(CC)CC)cnn2-c2ccccc2)cc1. The number of hydrogen-bond donors (Lipinski definition) is 1. The van der Waals surface area contributed by atoms with Crippen LogP contribution in [0.2, 0.25) is 0 Å². The molecule has 34 heavy (non-hydrogen) atoms. The van der Waals surface area contributed by atoms with Gasteiger partial charge in [-0.1, -0.05) is 44.4 Å². The van der Waals surface area contributed by atoms with Crippen LogP contribution in [0.1, 0.15) is 67.2 Å². The number of unbranched alkanes of at least 4 members (excludes halogenated alkanes) is 3. The largest absolute Gasteiger partial charge is 0.494 e. The van der Waals surface area contributed by atoms with Gasteiger partial charge in [0.05, 0.1) is 18.5 Å². The number of carbonyl (C=O) groups is 2. The van der Waals surface area contributed by atoms with Gasteiger partial charge in [0.25, 0.3) is 11.8 Å². The van der Waals surface area contributed by atoms with Gasteiger partial charge in [-0.2, -0.15) is 5.10 Å². The molecule has 0 saturated carbocycles. The van der Waals surface area contributed by atoms with E-state index >= 15 is 0 Å². The second kappa shape index (κ2) is 12.6. The van der Waals surface area contributed by atoms with Crippen LogP contribution in [0.4, 0.5) is 5.82 Å². The van der Waals surface area contributed by atoms with E-state index in [0.29, 0.717) is 36.6 Å². The summed E-state index contributed by atoms with van der Waals surface area (Å²) in [6, 6.07) is 16.5. The van der Waals surface area contributed by atoms with Crippen molar-refractivity contribution < 1.29 is 14.3 Å². The predicted octanol–water partition coefficient (Wildman–Crippen LogP) is 5.57. The van der Waals surface area contributed by atoms with Crippen molar-refractivity contribution in [1.29, 1.82) is 0 Å². The fourth-order valence-corrected chi connectivity index (χ4v) is 3.67. The maximum atomic E-state index is 13.1. The summed E-state index contributed by atoms with van der Waals surface area (Å²) in [5.41, 5.74) is 1.58. The van der Waals surface area contributed by atoms with Crippen molar-refractivity contribution >= 4 is 17.6 Å². The molecule has 2 amide bonds. The van der Waals surface area contributed by atoms with Gasteiger partial charge in [-0.3, -0.25) is 9.59 Å². The van der Waals surface area contributed by atoms with Gasteiger partial charge in [0.1, 0.15) is 17.1 Å². The Morgan fingerprint density at radius 2 is 1.65 bits per heavy atom. The lowest BCUT2D eigenvalue weighted by Crippen LogP contribution is -2.31. The number of aromatic nitrogens is 2. The molecule has 7 nitrogen and oxygen atoms in total. The Hall–Kier alpha value is -3.61. The van der Waals surface area contributed by atoms with Crippen molar-refractivity contribution in [3.05, 3.63) is 71.9 Å². The zero-order valence-corrected chi connectivity index (χ0v) is 20.3. The minimum Gasteiger partial charge on any atom is -0.494 e. The van der Waals surface area contributed by atoms with Crippen molar-refractivity contribution in [3.8, 4) is 11.4 Å². The van der Waals surface area contributed by atoms with E-state index in [1.807, 2.05) is 44.2 Å². The first kappa shape index (κ1) is 25.0. The highest BCUT2D eigenvalue weighted by atomic mass is 16.5. The van der Waals surface area contributed by atoms with Crippen molar-refractivity contribution in [1.82, 2.24) is 14.7 Å². The first-order valence-corrected chi connectivity index (χ1v) is 12.1. The Labute approximate surface area is 201 Å². The summed E-state index contributed by atoms with van der Waals surface area (Å²) in [6.45, 7) is 7.83. The summed E-state index contributed by atoms with van der Waals surface area (Å²) in [7, 11) is 0. The van der Waals surface area contributed by atoms with E-state index in [2.05, 4.69) is 17.3 Å². The van der Waals surface area contributed by atoms with Gasteiger partial charge in [-0.25, -0.2) is 4.68 Å². The molecule has 0 fully saturated rings. The smallest absolute Gasteiger partial charge is 0.259 e. The minimum atomic E-state index is -0.319. The summed E-state index contributed by atoms with van der Waals surface area (Å²) in [5.74, 6) is 0.596. The molecule has 3 aromatic rings. The van der Waals surface area contributed by atoms with E-state index < -0.39 is 0 Å². The van der Waals surface area contributed by atoms with Crippen LogP contribution >= 0.6 is 0 Å². The van der Waals surface area contributed by atoms with Crippen molar-refractivity contribution in [2.24, 2.45) is 0 Å². The average Bonchev–Trinajstić information content (AvgIpc) is 3.28. The number of hydrogen-bond acceptors (Lipinski definition) is 4. The normalized spacial score (nSPS) is 10.7. The molecule has 0 saturated heterocycles. The van der Waals surface area contributed by atoms with Gasteiger partial charge < -0.3 is 15.0 Å². The molecule has 0 bridgehead atoms. The zero-order chi connectivity index (χ0) is 24.3. The van der Waals surface area contributed by atoms with E-state index in [9.17, 15) is 9.59 Å². The fraction of sp³-hybridized carbons (Fsp3) is 0.370. The monoisotopic (exact) mass is 462 g/mol. The van der Waals surface area contributed by atoms with Gasteiger partial charge in [-0.15, -0.1) is 0 Å². The molecule has 0 radical (unpaired) electrons. The van der Waals surface area contributed by atoms with Crippen molar-refractivity contribution in [3.63, 3.8) is 0 Å². The number of rotatable bonds is 12. The highest BCUT2D eigenvalue weighted by Gasteiger charge is 2.23. The molecule has 0 aliphatic carbocycles. The summed E-state index contributed by atoms with van der Waals surface area (Å²) in [6.07, 6.45) is 6.08. The number of nitrogens with zero attached hydrogens (tertiary/aromatic N) is 3. The third kappa shape index (κ3) is 6.25. The lowest BCUT2D eigenvalue weighted by Gasteiger charge is -2.19. The highest BCUT2D eigenvalue weighted by molar-refractivity contribution is 6.08. The van der Waals surface area contributed by atoms with Crippen LogP contribution in [0, 0.1) is 0 Å². The maximum absolute atomic E-state index is 13.1. The Morgan fingerprint density at radius 1 is 0.941 bits per heavy atom. The molecule has 0 aliphatic rings. The third-order valence-corrected chi connectivity index (χ3v) is 5.67. The molecule has 180 valence electrons. The Bertz CT molecular complexity index is 1060. The van der Waals surface area contributed by atoms with Crippen LogP contribution in [-0.2, 0) is 0 Å². The number of amides is 2.